The lowest BCUT2D eigenvalue weighted by Crippen LogP contribution is -2.50. The Hall–Kier alpha value is -3.86. The van der Waals surface area contributed by atoms with Crippen LogP contribution >= 0.6 is 0 Å². The molecule has 0 fully saturated rings. The molecule has 0 saturated carbocycles. The van der Waals surface area contributed by atoms with Gasteiger partial charge in [-0.25, -0.2) is 9.38 Å². The zero-order chi connectivity index (χ0) is 27.8. The predicted octanol–water partition coefficient (Wildman–Crippen LogP) is 5.80. The highest BCUT2D eigenvalue weighted by atomic mass is 19.1. The van der Waals surface area contributed by atoms with Crippen LogP contribution in [0.3, 0.4) is 0 Å². The molecule has 2 aromatic carbocycles. The second-order valence-corrected chi connectivity index (χ2v) is 10.4. The second kappa shape index (κ2) is 12.9. The summed E-state index contributed by atoms with van der Waals surface area (Å²) in [6.07, 6.45) is 2.34. The average Bonchev–Trinajstić information content (AvgIpc) is 2.85. The number of rotatable bonds is 9. The predicted molar refractivity (Wildman–Crippen MR) is 144 cm³/mol. The molecule has 8 heteroatoms. The Kier molecular flexibility index (Phi) is 10.2. The van der Waals surface area contributed by atoms with E-state index in [2.05, 4.69) is 31.1 Å². The fourth-order valence-corrected chi connectivity index (χ4v) is 3.87. The van der Waals surface area contributed by atoms with Crippen LogP contribution in [0, 0.1) is 34.5 Å². The normalized spacial score (nSPS) is 15.0. The molecule has 0 aliphatic rings. The van der Waals surface area contributed by atoms with Gasteiger partial charge in [0.15, 0.2) is 13.0 Å². The SMILES string of the molecule is C=CC(C)C(C)C(CC(c1ccc(F)cc1)[N+](C)=N)N=C(NC(=O)c1ccc(C#N)cc1)NC(C)(C)C. The molecule has 0 spiro atoms. The summed E-state index contributed by atoms with van der Waals surface area (Å²) in [5.74, 6) is -0.218. The first kappa shape index (κ1) is 29.4. The monoisotopic (exact) mass is 505 g/mol. The summed E-state index contributed by atoms with van der Waals surface area (Å²) in [5, 5.41) is 15.2. The Labute approximate surface area is 219 Å². The highest BCUT2D eigenvalue weighted by Crippen LogP contribution is 2.30. The number of hydrogen-bond acceptors (Lipinski definition) is 4. The average molecular weight is 506 g/mol. The Morgan fingerprint density at radius 3 is 2.27 bits per heavy atom. The van der Waals surface area contributed by atoms with Gasteiger partial charge in [0, 0.05) is 23.1 Å². The molecule has 0 heterocycles. The number of hydrogen-bond donors (Lipinski definition) is 3. The van der Waals surface area contributed by atoms with Crippen molar-refractivity contribution in [1.82, 2.24) is 10.6 Å². The van der Waals surface area contributed by atoms with Gasteiger partial charge >= 0.3 is 0 Å². The smallest absolute Gasteiger partial charge is 0.257 e. The maximum absolute atomic E-state index is 13.6. The number of aliphatic imine (C=N–C) groups is 1. The fourth-order valence-electron chi connectivity index (χ4n) is 3.87. The van der Waals surface area contributed by atoms with Gasteiger partial charge in [0.1, 0.15) is 5.82 Å². The standard InChI is InChI=1S/C29H37FN6O/c1-8-19(2)20(3)25(17-26(36(7)32)22-13-15-24(30)16-14-22)33-28(35-29(4,5)6)34-27(37)23-11-9-21(18-31)10-12-23/h8-16,19-20,25-26,32H,1,17H2,2-7H3,(H-,33,34,35,37)/p+1. The lowest BCUT2D eigenvalue weighted by molar-refractivity contribution is -0.631. The van der Waals surface area contributed by atoms with E-state index in [1.165, 1.54) is 16.8 Å². The molecule has 1 amide bonds. The molecule has 4 atom stereocenters. The molecule has 0 aliphatic carbocycles. The van der Waals surface area contributed by atoms with E-state index < -0.39 is 5.54 Å². The Balaban J connectivity index is 2.48. The fraction of sp³-hybridized carbons (Fsp3) is 0.414. The van der Waals surface area contributed by atoms with E-state index in [0.717, 1.165) is 5.56 Å². The number of halogens is 1. The second-order valence-electron chi connectivity index (χ2n) is 10.4. The molecule has 0 radical (unpaired) electrons. The summed E-state index contributed by atoms with van der Waals surface area (Å²) in [6, 6.07) is 13.9. The zero-order valence-electron chi connectivity index (χ0n) is 22.5. The van der Waals surface area contributed by atoms with Crippen molar-refractivity contribution in [2.75, 3.05) is 7.05 Å². The molecule has 0 saturated heterocycles. The molecule has 0 bridgehead atoms. The summed E-state index contributed by atoms with van der Waals surface area (Å²) in [4.78, 5) is 18.0. The first-order valence-corrected chi connectivity index (χ1v) is 12.3. The molecule has 0 aromatic heterocycles. The van der Waals surface area contributed by atoms with E-state index in [1.54, 1.807) is 43.4 Å². The molecule has 37 heavy (non-hydrogen) atoms. The van der Waals surface area contributed by atoms with E-state index in [4.69, 9.17) is 15.8 Å². The van der Waals surface area contributed by atoms with E-state index in [1.807, 2.05) is 32.9 Å². The molecule has 2 aromatic rings. The topological polar surface area (TPSA) is 104 Å². The zero-order valence-corrected chi connectivity index (χ0v) is 22.5. The molecule has 3 N–H and O–H groups in total. The van der Waals surface area contributed by atoms with Crippen molar-refractivity contribution in [3.63, 3.8) is 0 Å². The van der Waals surface area contributed by atoms with Gasteiger partial charge in [-0.15, -0.1) is 11.3 Å². The number of amides is 1. The van der Waals surface area contributed by atoms with Crippen LogP contribution in [-0.2, 0) is 0 Å². The molecule has 7 nitrogen and oxygen atoms in total. The summed E-state index contributed by atoms with van der Waals surface area (Å²) >= 11 is 0. The van der Waals surface area contributed by atoms with Gasteiger partial charge in [-0.3, -0.25) is 10.1 Å². The number of allylic oxidation sites excluding steroid dienone is 1. The quantitative estimate of drug-likeness (QED) is 0.132. The summed E-state index contributed by atoms with van der Waals surface area (Å²) in [5.41, 5.74) is 9.65. The number of nitrogens with one attached hydrogen (secondary N) is 3. The molecule has 196 valence electrons. The van der Waals surface area contributed by atoms with Gasteiger partial charge in [-0.1, -0.05) is 25.5 Å². The molecule has 2 rings (SSSR count). The first-order chi connectivity index (χ1) is 17.3. The molecular weight excluding hydrogens is 467 g/mol. The van der Waals surface area contributed by atoms with E-state index in [9.17, 15) is 9.18 Å². The third kappa shape index (κ3) is 8.94. The van der Waals surface area contributed by atoms with Crippen molar-refractivity contribution in [1.29, 1.82) is 10.8 Å². The minimum absolute atomic E-state index is 0.0315. The van der Waals surface area contributed by atoms with Crippen LogP contribution in [0.15, 0.2) is 66.2 Å². The van der Waals surface area contributed by atoms with Crippen molar-refractivity contribution >= 4 is 11.9 Å². The van der Waals surface area contributed by atoms with Crippen LogP contribution in [0.1, 0.15) is 68.6 Å². The largest absolute Gasteiger partial charge is 0.351 e. The van der Waals surface area contributed by atoms with Gasteiger partial charge in [0.05, 0.1) is 17.7 Å². The van der Waals surface area contributed by atoms with Crippen LogP contribution in [0.4, 0.5) is 4.39 Å². The van der Waals surface area contributed by atoms with Crippen molar-refractivity contribution < 1.29 is 13.9 Å². The number of carbonyl (C=O) groups excluding carboxylic acids is 1. The van der Waals surface area contributed by atoms with Crippen LogP contribution in [-0.4, -0.2) is 35.2 Å². The summed E-state index contributed by atoms with van der Waals surface area (Å²) < 4.78 is 14.9. The number of carbonyl (C=O) groups is 1. The van der Waals surface area contributed by atoms with Crippen LogP contribution < -0.4 is 10.6 Å². The molecule has 0 aliphatic heterocycles. The van der Waals surface area contributed by atoms with Gasteiger partial charge in [-0.05, 0) is 81.1 Å². The van der Waals surface area contributed by atoms with Crippen molar-refractivity contribution in [3.8, 4) is 6.07 Å². The minimum atomic E-state index is -0.392. The van der Waals surface area contributed by atoms with Gasteiger partial charge in [-0.2, -0.15) is 5.26 Å². The molecule has 4 unspecified atom stereocenters. The Bertz CT molecular complexity index is 1160. The maximum Gasteiger partial charge on any atom is 0.257 e. The van der Waals surface area contributed by atoms with E-state index in [0.29, 0.717) is 23.5 Å². The van der Waals surface area contributed by atoms with Gasteiger partial charge in [0.2, 0.25) is 6.04 Å². The van der Waals surface area contributed by atoms with Gasteiger partial charge in [0.25, 0.3) is 5.91 Å². The van der Waals surface area contributed by atoms with Crippen molar-refractivity contribution in [2.24, 2.45) is 16.8 Å². The number of benzene rings is 2. The molecular formula is C29H38FN6O+. The van der Waals surface area contributed by atoms with Crippen molar-refractivity contribution in [3.05, 3.63) is 83.7 Å². The highest BCUT2D eigenvalue weighted by molar-refractivity contribution is 6.05. The Morgan fingerprint density at radius 2 is 1.78 bits per heavy atom. The summed E-state index contributed by atoms with van der Waals surface area (Å²) in [7, 11) is 1.66. The Morgan fingerprint density at radius 1 is 1.19 bits per heavy atom. The number of nitrogens with zero attached hydrogens (tertiary/aromatic N) is 3. The maximum atomic E-state index is 13.6. The van der Waals surface area contributed by atoms with E-state index >= 15 is 0 Å². The summed E-state index contributed by atoms with van der Waals surface area (Å²) in [6.45, 7) is 14.0. The van der Waals surface area contributed by atoms with Crippen LogP contribution in [0.5, 0.6) is 0 Å². The first-order valence-electron chi connectivity index (χ1n) is 12.3. The van der Waals surface area contributed by atoms with Crippen LogP contribution in [0.25, 0.3) is 0 Å². The third-order valence-electron chi connectivity index (χ3n) is 6.29. The lowest BCUT2D eigenvalue weighted by Gasteiger charge is -2.29. The van der Waals surface area contributed by atoms with E-state index in [-0.39, 0.29) is 35.6 Å². The highest BCUT2D eigenvalue weighted by Gasteiger charge is 2.31. The number of guanidine groups is 1. The third-order valence-corrected chi connectivity index (χ3v) is 6.29. The van der Waals surface area contributed by atoms with Crippen LogP contribution in [0.2, 0.25) is 0 Å². The lowest BCUT2D eigenvalue weighted by atomic mass is 9.84. The minimum Gasteiger partial charge on any atom is -0.351 e. The van der Waals surface area contributed by atoms with Crippen molar-refractivity contribution in [2.45, 2.75) is 58.7 Å². The van der Waals surface area contributed by atoms with Gasteiger partial charge < -0.3 is 5.32 Å². The number of nitriles is 1.